The Morgan fingerprint density at radius 3 is 1.49 bits per heavy atom. The fourth-order valence-corrected chi connectivity index (χ4v) is 7.26. The molecule has 53 heavy (non-hydrogen) atoms. The maximum atomic E-state index is 6.57. The summed E-state index contributed by atoms with van der Waals surface area (Å²) in [5.74, 6) is 1.88. The van der Waals surface area contributed by atoms with Crippen LogP contribution in [-0.4, -0.2) is 15.0 Å². The summed E-state index contributed by atoms with van der Waals surface area (Å²) in [5, 5.41) is 4.68. The van der Waals surface area contributed by atoms with Crippen LogP contribution in [-0.2, 0) is 0 Å². The summed E-state index contributed by atoms with van der Waals surface area (Å²) in [6, 6.07) is 65.1. The van der Waals surface area contributed by atoms with Crippen molar-refractivity contribution in [3.63, 3.8) is 0 Å². The first-order valence-corrected chi connectivity index (χ1v) is 17.8. The lowest BCUT2D eigenvalue weighted by Crippen LogP contribution is -2.00. The van der Waals surface area contributed by atoms with Crippen molar-refractivity contribution in [2.45, 2.75) is 0 Å². The molecule has 2 aromatic heterocycles. The summed E-state index contributed by atoms with van der Waals surface area (Å²) in [6.45, 7) is 0. The highest BCUT2D eigenvalue weighted by Gasteiger charge is 2.17. The standard InChI is InChI=1S/C49H31N3O/c1-3-12-34(13-4-1)41-17-10-20-44-45(41)43-19-9-18-42(46(43)53-44)35-24-28-38(29-25-35)49-51-47(36-14-5-2-6-15-36)50-48(52-49)37-26-21-33(22-27-37)40-30-23-32-11-7-8-16-39(32)31-40/h1-31H. The van der Waals surface area contributed by atoms with E-state index < -0.39 is 0 Å². The molecule has 0 bridgehead atoms. The molecule has 248 valence electrons. The Morgan fingerprint density at radius 2 is 0.811 bits per heavy atom. The highest BCUT2D eigenvalue weighted by Crippen LogP contribution is 2.40. The van der Waals surface area contributed by atoms with E-state index in [2.05, 4.69) is 146 Å². The molecule has 0 N–H and O–H groups in total. The van der Waals surface area contributed by atoms with E-state index in [1.54, 1.807) is 0 Å². The van der Waals surface area contributed by atoms with Gasteiger partial charge in [-0.3, -0.25) is 0 Å². The molecule has 0 saturated carbocycles. The predicted molar refractivity (Wildman–Crippen MR) is 217 cm³/mol. The van der Waals surface area contributed by atoms with Crippen LogP contribution in [0.15, 0.2) is 192 Å². The topological polar surface area (TPSA) is 51.8 Å². The number of hydrogen-bond donors (Lipinski definition) is 0. The van der Waals surface area contributed by atoms with Crippen molar-refractivity contribution in [3.05, 3.63) is 188 Å². The zero-order valence-corrected chi connectivity index (χ0v) is 28.6. The second kappa shape index (κ2) is 12.9. The average Bonchev–Trinajstić information content (AvgIpc) is 3.63. The summed E-state index contributed by atoms with van der Waals surface area (Å²) in [5.41, 5.74) is 11.3. The van der Waals surface area contributed by atoms with Gasteiger partial charge in [-0.25, -0.2) is 15.0 Å². The van der Waals surface area contributed by atoms with Crippen LogP contribution >= 0.6 is 0 Å². The molecule has 0 spiro atoms. The average molecular weight is 678 g/mol. The monoisotopic (exact) mass is 677 g/mol. The minimum atomic E-state index is 0.619. The van der Waals surface area contributed by atoms with Crippen LogP contribution in [0, 0.1) is 0 Å². The Kier molecular flexibility index (Phi) is 7.43. The Hall–Kier alpha value is -7.17. The normalized spacial score (nSPS) is 11.4. The molecule has 0 amide bonds. The minimum absolute atomic E-state index is 0.619. The quantitative estimate of drug-likeness (QED) is 0.176. The summed E-state index contributed by atoms with van der Waals surface area (Å²) in [6.07, 6.45) is 0. The van der Waals surface area contributed by atoms with E-state index in [1.165, 1.54) is 21.9 Å². The second-order valence-corrected chi connectivity index (χ2v) is 13.2. The number of para-hydroxylation sites is 1. The van der Waals surface area contributed by atoms with Crippen molar-refractivity contribution in [1.82, 2.24) is 15.0 Å². The van der Waals surface area contributed by atoms with Gasteiger partial charge in [-0.1, -0.05) is 176 Å². The minimum Gasteiger partial charge on any atom is -0.455 e. The van der Waals surface area contributed by atoms with Crippen molar-refractivity contribution >= 4 is 32.7 Å². The van der Waals surface area contributed by atoms with E-state index in [4.69, 9.17) is 19.4 Å². The smallest absolute Gasteiger partial charge is 0.164 e. The summed E-state index contributed by atoms with van der Waals surface area (Å²) >= 11 is 0. The number of fused-ring (bicyclic) bond motifs is 4. The third-order valence-electron chi connectivity index (χ3n) is 9.95. The number of nitrogens with zero attached hydrogens (tertiary/aromatic N) is 3. The third-order valence-corrected chi connectivity index (χ3v) is 9.95. The van der Waals surface area contributed by atoms with E-state index in [0.29, 0.717) is 17.5 Å². The van der Waals surface area contributed by atoms with Gasteiger partial charge in [0.15, 0.2) is 17.5 Å². The first kappa shape index (κ1) is 30.6. The van der Waals surface area contributed by atoms with Gasteiger partial charge in [0, 0.05) is 33.0 Å². The van der Waals surface area contributed by atoms with Crippen LogP contribution < -0.4 is 0 Å². The van der Waals surface area contributed by atoms with Crippen LogP contribution in [0.25, 0.3) is 100 Å². The number of rotatable bonds is 6. The van der Waals surface area contributed by atoms with Gasteiger partial charge in [0.2, 0.25) is 0 Å². The zero-order valence-electron chi connectivity index (χ0n) is 28.6. The van der Waals surface area contributed by atoms with Gasteiger partial charge in [-0.2, -0.15) is 0 Å². The highest BCUT2D eigenvalue weighted by atomic mass is 16.3. The van der Waals surface area contributed by atoms with Gasteiger partial charge in [-0.05, 0) is 50.7 Å². The van der Waals surface area contributed by atoms with Crippen molar-refractivity contribution in [2.24, 2.45) is 0 Å². The molecule has 0 aliphatic heterocycles. The first-order chi connectivity index (χ1) is 26.2. The van der Waals surface area contributed by atoms with Crippen molar-refractivity contribution in [2.75, 3.05) is 0 Å². The van der Waals surface area contributed by atoms with Crippen LogP contribution in [0.3, 0.4) is 0 Å². The summed E-state index contributed by atoms with van der Waals surface area (Å²) in [7, 11) is 0. The molecule has 0 aliphatic rings. The van der Waals surface area contributed by atoms with Crippen molar-refractivity contribution in [3.8, 4) is 67.5 Å². The Labute approximate surface area is 306 Å². The van der Waals surface area contributed by atoms with Gasteiger partial charge in [-0.15, -0.1) is 0 Å². The molecule has 0 unspecified atom stereocenters. The Morgan fingerprint density at radius 1 is 0.321 bits per heavy atom. The molecule has 0 fully saturated rings. The van der Waals surface area contributed by atoms with Gasteiger partial charge in [0.1, 0.15) is 11.2 Å². The lowest BCUT2D eigenvalue weighted by atomic mass is 9.97. The lowest BCUT2D eigenvalue weighted by Gasteiger charge is -2.10. The predicted octanol–water partition coefficient (Wildman–Crippen LogP) is 12.9. The fraction of sp³-hybridized carbons (Fsp3) is 0. The number of hydrogen-bond acceptors (Lipinski definition) is 4. The van der Waals surface area contributed by atoms with E-state index in [1.807, 2.05) is 42.5 Å². The Bertz CT molecular complexity index is 2910. The SMILES string of the molecule is c1ccc(-c2nc(-c3ccc(-c4ccc5ccccc5c4)cc3)nc(-c3ccc(-c4cccc5c4oc4cccc(-c6ccccc6)c45)cc3)n2)cc1. The zero-order chi connectivity index (χ0) is 35.1. The molecule has 8 aromatic carbocycles. The molecule has 0 aliphatic carbocycles. The molecule has 0 atom stereocenters. The van der Waals surface area contributed by atoms with Crippen LogP contribution in [0.5, 0.6) is 0 Å². The van der Waals surface area contributed by atoms with E-state index in [-0.39, 0.29) is 0 Å². The van der Waals surface area contributed by atoms with Crippen LogP contribution in [0.4, 0.5) is 0 Å². The van der Waals surface area contributed by atoms with E-state index >= 15 is 0 Å². The summed E-state index contributed by atoms with van der Waals surface area (Å²) < 4.78 is 6.57. The van der Waals surface area contributed by atoms with Gasteiger partial charge < -0.3 is 4.42 Å². The highest BCUT2D eigenvalue weighted by molar-refractivity contribution is 6.15. The third kappa shape index (κ3) is 5.63. The van der Waals surface area contributed by atoms with E-state index in [0.717, 1.165) is 60.9 Å². The van der Waals surface area contributed by atoms with Crippen LogP contribution in [0.1, 0.15) is 0 Å². The second-order valence-electron chi connectivity index (χ2n) is 13.2. The van der Waals surface area contributed by atoms with E-state index in [9.17, 15) is 0 Å². The molecule has 0 saturated heterocycles. The molecule has 10 aromatic rings. The van der Waals surface area contributed by atoms with Crippen molar-refractivity contribution < 1.29 is 4.42 Å². The van der Waals surface area contributed by atoms with Gasteiger partial charge in [0.05, 0.1) is 0 Å². The molecule has 4 heteroatoms. The largest absolute Gasteiger partial charge is 0.455 e. The van der Waals surface area contributed by atoms with Crippen LogP contribution in [0.2, 0.25) is 0 Å². The number of aromatic nitrogens is 3. The molecular weight excluding hydrogens is 647 g/mol. The number of furan rings is 1. The fourth-order valence-electron chi connectivity index (χ4n) is 7.26. The maximum absolute atomic E-state index is 6.57. The Balaban J connectivity index is 1.03. The molecule has 4 nitrogen and oxygen atoms in total. The summed E-state index contributed by atoms with van der Waals surface area (Å²) in [4.78, 5) is 15.0. The first-order valence-electron chi connectivity index (χ1n) is 17.8. The molecule has 10 rings (SSSR count). The molecule has 2 heterocycles. The maximum Gasteiger partial charge on any atom is 0.164 e. The van der Waals surface area contributed by atoms with Crippen molar-refractivity contribution in [1.29, 1.82) is 0 Å². The van der Waals surface area contributed by atoms with Gasteiger partial charge in [0.25, 0.3) is 0 Å². The number of benzene rings is 8. The van der Waals surface area contributed by atoms with Gasteiger partial charge >= 0.3 is 0 Å². The lowest BCUT2D eigenvalue weighted by molar-refractivity contribution is 0.670. The molecular formula is C49H31N3O. The molecule has 0 radical (unpaired) electrons.